The monoisotopic (exact) mass is 305 g/mol. The molecule has 0 aliphatic carbocycles. The van der Waals surface area contributed by atoms with E-state index < -0.39 is 0 Å². The summed E-state index contributed by atoms with van der Waals surface area (Å²) in [7, 11) is 0. The Morgan fingerprint density at radius 2 is 1.75 bits per heavy atom. The number of nitrogens with one attached hydrogen (secondary N) is 1. The summed E-state index contributed by atoms with van der Waals surface area (Å²) >= 11 is 12.0. The molecule has 102 valence electrons. The fourth-order valence-electron chi connectivity index (χ4n) is 2.14. The Balaban J connectivity index is 2.01. The molecule has 5 heteroatoms. The Hall–Kier alpha value is -1.55. The molecule has 0 bridgehead atoms. The molecular weight excluding hydrogens is 293 g/mol. The van der Waals surface area contributed by atoms with Crippen molar-refractivity contribution in [1.29, 1.82) is 0 Å². The van der Waals surface area contributed by atoms with Gasteiger partial charge >= 0.3 is 0 Å². The minimum atomic E-state index is 0.510. The maximum atomic E-state index is 6.01. The van der Waals surface area contributed by atoms with Gasteiger partial charge in [-0.2, -0.15) is 0 Å². The number of rotatable bonds is 3. The van der Waals surface area contributed by atoms with E-state index in [2.05, 4.69) is 22.1 Å². The van der Waals surface area contributed by atoms with E-state index >= 15 is 0 Å². The molecule has 2 aromatic carbocycles. The van der Waals surface area contributed by atoms with Gasteiger partial charge in [0.05, 0.1) is 21.1 Å². The lowest BCUT2D eigenvalue weighted by Gasteiger charge is -2.00. The first-order chi connectivity index (χ1) is 9.67. The topological polar surface area (TPSA) is 54.7 Å². The number of fused-ring (bicyclic) bond motifs is 1. The zero-order chi connectivity index (χ0) is 14.1. The van der Waals surface area contributed by atoms with Crippen LogP contribution in [0.3, 0.4) is 0 Å². The van der Waals surface area contributed by atoms with Crippen LogP contribution in [0.25, 0.3) is 22.4 Å². The van der Waals surface area contributed by atoms with Crippen molar-refractivity contribution in [3.8, 4) is 11.4 Å². The Kier molecular flexibility index (Phi) is 3.66. The smallest absolute Gasteiger partial charge is 0.138 e. The van der Waals surface area contributed by atoms with Gasteiger partial charge in [0.25, 0.3) is 0 Å². The summed E-state index contributed by atoms with van der Waals surface area (Å²) in [5.74, 6) is 0.803. The number of H-pyrrole nitrogens is 1. The number of aromatic nitrogens is 2. The molecule has 0 fully saturated rings. The van der Waals surface area contributed by atoms with Gasteiger partial charge in [-0.05, 0) is 30.7 Å². The SMILES string of the molecule is NCCc1ccc(-c2nc3cc(Cl)c(Cl)cc3[nH]2)cc1. The predicted octanol–water partition coefficient (Wildman–Crippen LogP) is 4.04. The maximum absolute atomic E-state index is 6.01. The fourth-order valence-corrected chi connectivity index (χ4v) is 2.46. The van der Waals surface area contributed by atoms with Crippen molar-refractivity contribution >= 4 is 34.2 Å². The van der Waals surface area contributed by atoms with Crippen molar-refractivity contribution in [2.75, 3.05) is 6.54 Å². The lowest BCUT2D eigenvalue weighted by molar-refractivity contribution is 0.969. The third kappa shape index (κ3) is 2.52. The van der Waals surface area contributed by atoms with Crippen molar-refractivity contribution < 1.29 is 0 Å². The van der Waals surface area contributed by atoms with E-state index in [-0.39, 0.29) is 0 Å². The Morgan fingerprint density at radius 1 is 1.05 bits per heavy atom. The van der Waals surface area contributed by atoms with Gasteiger partial charge in [0.1, 0.15) is 5.82 Å². The number of nitrogens with two attached hydrogens (primary N) is 1. The zero-order valence-corrected chi connectivity index (χ0v) is 12.2. The molecule has 0 saturated carbocycles. The van der Waals surface area contributed by atoms with Crippen LogP contribution >= 0.6 is 23.2 Å². The van der Waals surface area contributed by atoms with Crippen LogP contribution in [0.15, 0.2) is 36.4 Å². The standard InChI is InChI=1S/C15H13Cl2N3/c16-11-7-13-14(8-12(11)17)20-15(19-13)10-3-1-9(2-4-10)5-6-18/h1-4,7-8H,5-6,18H2,(H,19,20). The summed E-state index contributed by atoms with van der Waals surface area (Å²) in [5.41, 5.74) is 9.47. The van der Waals surface area contributed by atoms with Crippen LogP contribution in [0.2, 0.25) is 10.0 Å². The number of hydrogen-bond donors (Lipinski definition) is 2. The molecule has 0 aliphatic heterocycles. The second-order valence-corrected chi connectivity index (χ2v) is 5.42. The van der Waals surface area contributed by atoms with Crippen molar-refractivity contribution in [2.45, 2.75) is 6.42 Å². The highest BCUT2D eigenvalue weighted by Crippen LogP contribution is 2.28. The molecular formula is C15H13Cl2N3. The average molecular weight is 306 g/mol. The van der Waals surface area contributed by atoms with E-state index in [1.807, 2.05) is 12.1 Å². The number of hydrogen-bond acceptors (Lipinski definition) is 2. The minimum Gasteiger partial charge on any atom is -0.338 e. The molecule has 3 aromatic rings. The Morgan fingerprint density at radius 3 is 2.45 bits per heavy atom. The van der Waals surface area contributed by atoms with Crippen molar-refractivity contribution in [1.82, 2.24) is 9.97 Å². The molecule has 0 radical (unpaired) electrons. The van der Waals surface area contributed by atoms with Gasteiger partial charge in [0, 0.05) is 5.56 Å². The van der Waals surface area contributed by atoms with Crippen molar-refractivity contribution in [3.63, 3.8) is 0 Å². The molecule has 0 atom stereocenters. The van der Waals surface area contributed by atoms with Crippen LogP contribution in [0, 0.1) is 0 Å². The summed E-state index contributed by atoms with van der Waals surface area (Å²) in [6, 6.07) is 11.8. The second-order valence-electron chi connectivity index (χ2n) is 4.60. The van der Waals surface area contributed by atoms with Crippen LogP contribution in [0.5, 0.6) is 0 Å². The zero-order valence-electron chi connectivity index (χ0n) is 10.7. The first-order valence-corrected chi connectivity index (χ1v) is 7.07. The molecule has 3 N–H and O–H groups in total. The van der Waals surface area contributed by atoms with E-state index in [0.29, 0.717) is 16.6 Å². The molecule has 3 rings (SSSR count). The fraction of sp³-hybridized carbons (Fsp3) is 0.133. The summed E-state index contributed by atoms with van der Waals surface area (Å²) < 4.78 is 0. The van der Waals surface area contributed by atoms with E-state index in [4.69, 9.17) is 28.9 Å². The van der Waals surface area contributed by atoms with Crippen LogP contribution < -0.4 is 5.73 Å². The van der Waals surface area contributed by atoms with Crippen LogP contribution in [-0.4, -0.2) is 16.5 Å². The van der Waals surface area contributed by atoms with E-state index in [1.54, 1.807) is 12.1 Å². The summed E-state index contributed by atoms with van der Waals surface area (Å²) in [4.78, 5) is 7.79. The van der Waals surface area contributed by atoms with Gasteiger partial charge < -0.3 is 10.7 Å². The molecule has 3 nitrogen and oxygen atoms in total. The van der Waals surface area contributed by atoms with Crippen LogP contribution in [0.4, 0.5) is 0 Å². The first kappa shape index (κ1) is 13.4. The highest BCUT2D eigenvalue weighted by molar-refractivity contribution is 6.42. The molecule has 20 heavy (non-hydrogen) atoms. The Bertz CT molecular complexity index is 709. The first-order valence-electron chi connectivity index (χ1n) is 6.31. The number of benzene rings is 2. The Labute approximate surface area is 126 Å². The molecule has 1 aromatic heterocycles. The van der Waals surface area contributed by atoms with Gasteiger partial charge in [-0.25, -0.2) is 4.98 Å². The van der Waals surface area contributed by atoms with Crippen LogP contribution in [-0.2, 0) is 6.42 Å². The van der Waals surface area contributed by atoms with Gasteiger partial charge in [-0.3, -0.25) is 0 Å². The van der Waals surface area contributed by atoms with Gasteiger partial charge in [-0.15, -0.1) is 0 Å². The summed E-state index contributed by atoms with van der Waals surface area (Å²) in [6.45, 7) is 0.654. The number of halogens is 2. The normalized spacial score (nSPS) is 11.2. The molecule has 0 spiro atoms. The molecule has 0 amide bonds. The van der Waals surface area contributed by atoms with Gasteiger partial charge in [-0.1, -0.05) is 47.5 Å². The maximum Gasteiger partial charge on any atom is 0.138 e. The van der Waals surface area contributed by atoms with E-state index in [1.165, 1.54) is 5.56 Å². The van der Waals surface area contributed by atoms with E-state index in [9.17, 15) is 0 Å². The van der Waals surface area contributed by atoms with Crippen molar-refractivity contribution in [3.05, 3.63) is 52.0 Å². The quantitative estimate of drug-likeness (QED) is 0.767. The lowest BCUT2D eigenvalue weighted by atomic mass is 10.1. The highest BCUT2D eigenvalue weighted by atomic mass is 35.5. The second kappa shape index (κ2) is 5.44. The van der Waals surface area contributed by atoms with Gasteiger partial charge in [0.15, 0.2) is 0 Å². The summed E-state index contributed by atoms with van der Waals surface area (Å²) in [6.07, 6.45) is 0.881. The highest BCUT2D eigenvalue weighted by Gasteiger charge is 2.08. The molecule has 0 unspecified atom stereocenters. The third-order valence-corrected chi connectivity index (χ3v) is 3.91. The predicted molar refractivity (Wildman–Crippen MR) is 84.3 cm³/mol. The van der Waals surface area contributed by atoms with Crippen molar-refractivity contribution in [2.24, 2.45) is 5.73 Å². The molecule has 0 saturated heterocycles. The lowest BCUT2D eigenvalue weighted by Crippen LogP contribution is -2.02. The number of aromatic amines is 1. The minimum absolute atomic E-state index is 0.510. The largest absolute Gasteiger partial charge is 0.338 e. The number of imidazole rings is 1. The number of nitrogens with zero attached hydrogens (tertiary/aromatic N) is 1. The molecule has 1 heterocycles. The van der Waals surface area contributed by atoms with Crippen LogP contribution in [0.1, 0.15) is 5.56 Å². The third-order valence-electron chi connectivity index (χ3n) is 3.18. The average Bonchev–Trinajstić information content (AvgIpc) is 2.83. The molecule has 0 aliphatic rings. The van der Waals surface area contributed by atoms with Gasteiger partial charge in [0.2, 0.25) is 0 Å². The van der Waals surface area contributed by atoms with E-state index in [0.717, 1.165) is 28.8 Å². The summed E-state index contributed by atoms with van der Waals surface area (Å²) in [5, 5.41) is 1.03.